The van der Waals surface area contributed by atoms with E-state index >= 15 is 0 Å². The van der Waals surface area contributed by atoms with Crippen molar-refractivity contribution in [2.75, 3.05) is 6.61 Å². The number of carbonyl (C=O) groups excluding carboxylic acids is 1. The first-order chi connectivity index (χ1) is 6.61. The lowest BCUT2D eigenvalue weighted by molar-refractivity contribution is -0.288. The van der Waals surface area contributed by atoms with E-state index in [1.807, 2.05) is 0 Å². The maximum absolute atomic E-state index is 9.98. The molecule has 0 saturated carbocycles. The number of aliphatic hydroxyl groups is 4. The maximum atomic E-state index is 9.98. The van der Waals surface area contributed by atoms with Crippen LogP contribution in [0.3, 0.4) is 0 Å². The van der Waals surface area contributed by atoms with E-state index in [1.165, 1.54) is 0 Å². The number of hydrogen-bond donors (Lipinski definition) is 4. The summed E-state index contributed by atoms with van der Waals surface area (Å²) < 4.78 is 9.12. The minimum Gasteiger partial charge on any atom is -0.435 e. The summed E-state index contributed by atoms with van der Waals surface area (Å²) in [4.78, 5) is 9.98. The summed E-state index contributed by atoms with van der Waals surface area (Å²) in [5.74, 6) is 0. The molecule has 7 heteroatoms. The highest BCUT2D eigenvalue weighted by Gasteiger charge is 2.44. The molecule has 1 rings (SSSR count). The molecule has 1 fully saturated rings. The fourth-order valence-electron chi connectivity index (χ4n) is 1.23. The van der Waals surface area contributed by atoms with Crippen LogP contribution in [0.5, 0.6) is 0 Å². The van der Waals surface area contributed by atoms with Crippen molar-refractivity contribution >= 4 is 6.47 Å². The van der Waals surface area contributed by atoms with Crippen LogP contribution in [-0.2, 0) is 14.3 Å². The molecular weight excluding hydrogens is 196 g/mol. The highest BCUT2D eigenvalue weighted by molar-refractivity contribution is 5.37. The average molecular weight is 208 g/mol. The van der Waals surface area contributed by atoms with Crippen LogP contribution in [0.15, 0.2) is 0 Å². The lowest BCUT2D eigenvalue weighted by Crippen LogP contribution is -2.59. The van der Waals surface area contributed by atoms with Gasteiger partial charge in [0.15, 0.2) is 0 Å². The molecular formula is C7H12O7. The molecule has 0 aromatic carbocycles. The fraction of sp³-hybridized carbons (Fsp3) is 0.857. The summed E-state index contributed by atoms with van der Waals surface area (Å²) in [5.41, 5.74) is 0. The van der Waals surface area contributed by atoms with E-state index < -0.39 is 37.3 Å². The fourth-order valence-corrected chi connectivity index (χ4v) is 1.23. The topological polar surface area (TPSA) is 116 Å². The normalized spacial score (nSPS) is 43.3. The van der Waals surface area contributed by atoms with Crippen LogP contribution >= 0.6 is 0 Å². The van der Waals surface area contributed by atoms with Gasteiger partial charge in [0.1, 0.15) is 24.4 Å². The van der Waals surface area contributed by atoms with Gasteiger partial charge in [-0.3, -0.25) is 4.79 Å². The molecule has 7 nitrogen and oxygen atoms in total. The minimum absolute atomic E-state index is 0.0484. The van der Waals surface area contributed by atoms with Crippen LogP contribution in [0.1, 0.15) is 0 Å². The number of aliphatic hydroxyl groups excluding tert-OH is 4. The van der Waals surface area contributed by atoms with Crippen molar-refractivity contribution in [3.05, 3.63) is 0 Å². The Balaban J connectivity index is 2.67. The third-order valence-corrected chi connectivity index (χ3v) is 2.04. The minimum atomic E-state index is -1.53. The number of carbonyl (C=O) groups is 1. The summed E-state index contributed by atoms with van der Waals surface area (Å²) in [5, 5.41) is 36.5. The van der Waals surface area contributed by atoms with Gasteiger partial charge in [-0.1, -0.05) is 0 Å². The summed E-state index contributed by atoms with van der Waals surface area (Å²) in [7, 11) is 0. The smallest absolute Gasteiger partial charge is 0.295 e. The van der Waals surface area contributed by atoms with Gasteiger partial charge in [0.05, 0.1) is 6.61 Å². The quantitative estimate of drug-likeness (QED) is 0.364. The molecule has 82 valence electrons. The van der Waals surface area contributed by atoms with Crippen molar-refractivity contribution in [3.63, 3.8) is 0 Å². The van der Waals surface area contributed by atoms with E-state index in [2.05, 4.69) is 4.74 Å². The summed E-state index contributed by atoms with van der Waals surface area (Å²) in [6.07, 6.45) is -6.92. The molecule has 0 radical (unpaired) electrons. The van der Waals surface area contributed by atoms with E-state index in [-0.39, 0.29) is 6.47 Å². The van der Waals surface area contributed by atoms with Crippen molar-refractivity contribution < 1.29 is 34.7 Å². The molecule has 4 N–H and O–H groups in total. The standard InChI is InChI=1S/C7H12O7/c8-1-3-4(10)5(11)6(12)7(14-3)13-2-9/h2-8,10-12H,1H2. The van der Waals surface area contributed by atoms with Gasteiger partial charge in [-0.25, -0.2) is 0 Å². The highest BCUT2D eigenvalue weighted by Crippen LogP contribution is 2.21. The first kappa shape index (κ1) is 11.3. The van der Waals surface area contributed by atoms with Crippen LogP contribution in [0.2, 0.25) is 0 Å². The largest absolute Gasteiger partial charge is 0.435 e. The van der Waals surface area contributed by atoms with E-state index in [0.29, 0.717) is 0 Å². The predicted octanol–water partition coefficient (Wildman–Crippen LogP) is -3.04. The summed E-state index contributed by atoms with van der Waals surface area (Å²) >= 11 is 0. The van der Waals surface area contributed by atoms with E-state index in [9.17, 15) is 20.1 Å². The Labute approximate surface area is 79.5 Å². The highest BCUT2D eigenvalue weighted by atomic mass is 16.7. The van der Waals surface area contributed by atoms with Gasteiger partial charge in [0.2, 0.25) is 6.29 Å². The van der Waals surface area contributed by atoms with Gasteiger partial charge in [0, 0.05) is 0 Å². The molecule has 1 aliphatic heterocycles. The lowest BCUT2D eigenvalue weighted by atomic mass is 9.99. The summed E-state index contributed by atoms with van der Waals surface area (Å²) in [6, 6.07) is 0. The van der Waals surface area contributed by atoms with Gasteiger partial charge in [-0.05, 0) is 0 Å². The lowest BCUT2D eigenvalue weighted by Gasteiger charge is -2.38. The molecule has 5 atom stereocenters. The van der Waals surface area contributed by atoms with Gasteiger partial charge in [-0.15, -0.1) is 0 Å². The molecule has 1 saturated heterocycles. The molecule has 0 aliphatic carbocycles. The van der Waals surface area contributed by atoms with Gasteiger partial charge in [0.25, 0.3) is 6.47 Å². The Hall–Kier alpha value is -0.730. The van der Waals surface area contributed by atoms with Crippen LogP contribution in [0.4, 0.5) is 0 Å². The van der Waals surface area contributed by atoms with Crippen molar-refractivity contribution in [2.24, 2.45) is 0 Å². The molecule has 0 aromatic heterocycles. The zero-order valence-electron chi connectivity index (χ0n) is 7.18. The van der Waals surface area contributed by atoms with Crippen LogP contribution in [0.25, 0.3) is 0 Å². The molecule has 14 heavy (non-hydrogen) atoms. The van der Waals surface area contributed by atoms with Crippen molar-refractivity contribution in [3.8, 4) is 0 Å². The van der Waals surface area contributed by atoms with Crippen LogP contribution in [-0.4, -0.2) is 64.2 Å². The third-order valence-electron chi connectivity index (χ3n) is 2.04. The Morgan fingerprint density at radius 1 is 1.21 bits per heavy atom. The van der Waals surface area contributed by atoms with E-state index in [1.54, 1.807) is 0 Å². The average Bonchev–Trinajstić information content (AvgIpc) is 2.19. The monoisotopic (exact) mass is 208 g/mol. The Kier molecular flexibility index (Phi) is 3.78. The molecule has 0 aromatic rings. The van der Waals surface area contributed by atoms with Crippen LogP contribution in [0, 0.1) is 0 Å². The zero-order valence-corrected chi connectivity index (χ0v) is 7.18. The molecule has 5 unspecified atom stereocenters. The Morgan fingerprint density at radius 3 is 2.36 bits per heavy atom. The molecule has 1 heterocycles. The molecule has 0 bridgehead atoms. The van der Waals surface area contributed by atoms with Crippen molar-refractivity contribution in [1.82, 2.24) is 0 Å². The first-order valence-electron chi connectivity index (χ1n) is 4.01. The maximum Gasteiger partial charge on any atom is 0.295 e. The van der Waals surface area contributed by atoms with E-state index in [4.69, 9.17) is 9.84 Å². The Bertz CT molecular complexity index is 194. The second-order valence-corrected chi connectivity index (χ2v) is 2.93. The van der Waals surface area contributed by atoms with Gasteiger partial charge < -0.3 is 29.9 Å². The number of ether oxygens (including phenoxy) is 2. The van der Waals surface area contributed by atoms with Crippen molar-refractivity contribution in [2.45, 2.75) is 30.7 Å². The zero-order chi connectivity index (χ0) is 10.7. The molecule has 0 amide bonds. The van der Waals surface area contributed by atoms with Crippen molar-refractivity contribution in [1.29, 1.82) is 0 Å². The third kappa shape index (κ3) is 2.02. The SMILES string of the molecule is O=COC1OC(CO)C(O)C(O)C1O. The van der Waals surface area contributed by atoms with Gasteiger partial charge in [-0.2, -0.15) is 0 Å². The van der Waals surface area contributed by atoms with Crippen LogP contribution < -0.4 is 0 Å². The first-order valence-corrected chi connectivity index (χ1v) is 4.01. The number of rotatable bonds is 3. The number of hydrogen-bond acceptors (Lipinski definition) is 7. The van der Waals surface area contributed by atoms with E-state index in [0.717, 1.165) is 0 Å². The van der Waals surface area contributed by atoms with Gasteiger partial charge >= 0.3 is 0 Å². The predicted molar refractivity (Wildman–Crippen MR) is 40.9 cm³/mol. The second kappa shape index (κ2) is 4.67. The second-order valence-electron chi connectivity index (χ2n) is 2.93. The Morgan fingerprint density at radius 2 is 1.86 bits per heavy atom. The summed E-state index contributed by atoms with van der Waals surface area (Å²) in [6.45, 7) is -0.504. The molecule has 0 spiro atoms. The molecule has 1 aliphatic rings.